The van der Waals surface area contributed by atoms with E-state index in [9.17, 15) is 4.79 Å². The first-order valence-electron chi connectivity index (χ1n) is 5.34. The van der Waals surface area contributed by atoms with Crippen LogP contribution < -0.4 is 11.1 Å². The predicted octanol–water partition coefficient (Wildman–Crippen LogP) is 2.33. The van der Waals surface area contributed by atoms with Crippen LogP contribution >= 0.6 is 15.9 Å². The molecule has 1 aromatic heterocycles. The molecule has 2 aromatic rings. The molecule has 0 bridgehead atoms. The van der Waals surface area contributed by atoms with E-state index < -0.39 is 0 Å². The Morgan fingerprint density at radius 3 is 2.72 bits per heavy atom. The Hall–Kier alpha value is -1.82. The van der Waals surface area contributed by atoms with E-state index in [2.05, 4.69) is 26.3 Å². The van der Waals surface area contributed by atoms with Crippen molar-refractivity contribution in [3.8, 4) is 0 Å². The molecule has 6 heteroatoms. The maximum absolute atomic E-state index is 12.0. The average molecular weight is 309 g/mol. The van der Waals surface area contributed by atoms with Crippen molar-refractivity contribution in [2.24, 2.45) is 7.05 Å². The highest BCUT2D eigenvalue weighted by Gasteiger charge is 2.12. The fourth-order valence-electron chi connectivity index (χ4n) is 1.64. The molecule has 0 saturated carbocycles. The molecule has 18 heavy (non-hydrogen) atoms. The lowest BCUT2D eigenvalue weighted by molar-refractivity contribution is 0.101. The molecule has 0 atom stereocenters. The molecule has 94 valence electrons. The summed E-state index contributed by atoms with van der Waals surface area (Å²) in [6.07, 6.45) is 0. The van der Waals surface area contributed by atoms with Gasteiger partial charge >= 0.3 is 0 Å². The number of anilines is 2. The second-order valence-electron chi connectivity index (χ2n) is 3.98. The van der Waals surface area contributed by atoms with E-state index >= 15 is 0 Å². The smallest absolute Gasteiger partial charge is 0.273 e. The zero-order valence-electron chi connectivity index (χ0n) is 10.1. The number of nitrogen functional groups attached to an aromatic ring is 1. The Bertz CT molecular complexity index is 606. The number of nitrogens with zero attached hydrogens (tertiary/aromatic N) is 2. The van der Waals surface area contributed by atoms with Gasteiger partial charge in [-0.15, -0.1) is 0 Å². The van der Waals surface area contributed by atoms with Crippen molar-refractivity contribution < 1.29 is 4.79 Å². The Kier molecular flexibility index (Phi) is 3.38. The number of nitrogens with one attached hydrogen (secondary N) is 1. The normalized spacial score (nSPS) is 10.4. The van der Waals surface area contributed by atoms with Gasteiger partial charge in [-0.1, -0.05) is 0 Å². The summed E-state index contributed by atoms with van der Waals surface area (Å²) in [5, 5.41) is 6.91. The van der Waals surface area contributed by atoms with Crippen LogP contribution in [0, 0.1) is 6.92 Å². The van der Waals surface area contributed by atoms with E-state index in [1.54, 1.807) is 36.0 Å². The molecule has 5 nitrogen and oxygen atoms in total. The Morgan fingerprint density at radius 2 is 2.17 bits per heavy atom. The predicted molar refractivity (Wildman–Crippen MR) is 74.5 cm³/mol. The van der Waals surface area contributed by atoms with E-state index in [1.165, 1.54) is 0 Å². The van der Waals surface area contributed by atoms with Gasteiger partial charge in [0, 0.05) is 22.9 Å². The van der Waals surface area contributed by atoms with Gasteiger partial charge in [-0.2, -0.15) is 5.10 Å². The number of nitrogens with two attached hydrogens (primary N) is 1. The molecular weight excluding hydrogens is 296 g/mol. The number of hydrogen-bond acceptors (Lipinski definition) is 3. The standard InChI is InChI=1S/C12H13BrN4O/c1-7-5-11(17(2)16-7)12(18)15-8-3-4-9(13)10(14)6-8/h3-6H,14H2,1-2H3,(H,15,18). The molecule has 1 heterocycles. The largest absolute Gasteiger partial charge is 0.398 e. The van der Waals surface area contributed by atoms with Gasteiger partial charge < -0.3 is 11.1 Å². The minimum atomic E-state index is -0.208. The SMILES string of the molecule is Cc1cc(C(=O)Nc2ccc(Br)c(N)c2)n(C)n1. The summed E-state index contributed by atoms with van der Waals surface area (Å²) < 4.78 is 2.35. The number of carbonyl (C=O) groups is 1. The van der Waals surface area contributed by atoms with Gasteiger partial charge in [-0.05, 0) is 47.1 Å². The first-order chi connectivity index (χ1) is 8.47. The molecule has 0 aliphatic carbocycles. The van der Waals surface area contributed by atoms with Crippen molar-refractivity contribution >= 4 is 33.2 Å². The van der Waals surface area contributed by atoms with Gasteiger partial charge in [0.1, 0.15) is 5.69 Å². The zero-order valence-corrected chi connectivity index (χ0v) is 11.7. The summed E-state index contributed by atoms with van der Waals surface area (Å²) in [7, 11) is 1.73. The third kappa shape index (κ3) is 2.53. The van der Waals surface area contributed by atoms with Crippen molar-refractivity contribution in [1.29, 1.82) is 0 Å². The molecule has 0 spiro atoms. The third-order valence-electron chi connectivity index (χ3n) is 2.49. The van der Waals surface area contributed by atoms with E-state index in [1.807, 2.05) is 6.92 Å². The second kappa shape index (κ2) is 4.81. The molecule has 0 radical (unpaired) electrons. The molecule has 0 aliphatic heterocycles. The van der Waals surface area contributed by atoms with Gasteiger partial charge in [-0.3, -0.25) is 9.48 Å². The summed E-state index contributed by atoms with van der Waals surface area (Å²) in [5.41, 5.74) is 8.30. The van der Waals surface area contributed by atoms with Crippen LogP contribution in [-0.2, 0) is 7.05 Å². The maximum Gasteiger partial charge on any atom is 0.273 e. The number of aryl methyl sites for hydroxylation is 2. The lowest BCUT2D eigenvalue weighted by atomic mass is 10.2. The van der Waals surface area contributed by atoms with Crippen LogP contribution in [0.5, 0.6) is 0 Å². The molecular formula is C12H13BrN4O. The first-order valence-corrected chi connectivity index (χ1v) is 6.13. The molecule has 0 saturated heterocycles. The molecule has 0 fully saturated rings. The van der Waals surface area contributed by atoms with Crippen LogP contribution in [-0.4, -0.2) is 15.7 Å². The summed E-state index contributed by atoms with van der Waals surface area (Å²) in [5.74, 6) is -0.208. The van der Waals surface area contributed by atoms with Crippen molar-refractivity contribution in [2.45, 2.75) is 6.92 Å². The molecule has 1 aromatic carbocycles. The van der Waals surface area contributed by atoms with Gasteiger partial charge in [0.25, 0.3) is 5.91 Å². The number of benzene rings is 1. The number of rotatable bonds is 2. The molecule has 0 unspecified atom stereocenters. The Labute approximate surface area is 113 Å². The van der Waals surface area contributed by atoms with E-state index in [-0.39, 0.29) is 5.91 Å². The van der Waals surface area contributed by atoms with Gasteiger partial charge in [-0.25, -0.2) is 0 Å². The van der Waals surface area contributed by atoms with E-state index in [4.69, 9.17) is 5.73 Å². The minimum Gasteiger partial charge on any atom is -0.398 e. The highest BCUT2D eigenvalue weighted by atomic mass is 79.9. The summed E-state index contributed by atoms with van der Waals surface area (Å²) in [4.78, 5) is 12.0. The number of amides is 1. The summed E-state index contributed by atoms with van der Waals surface area (Å²) in [6, 6.07) is 7.00. The van der Waals surface area contributed by atoms with Gasteiger partial charge in [0.2, 0.25) is 0 Å². The summed E-state index contributed by atoms with van der Waals surface area (Å²) >= 11 is 3.30. The summed E-state index contributed by atoms with van der Waals surface area (Å²) in [6.45, 7) is 1.84. The third-order valence-corrected chi connectivity index (χ3v) is 3.21. The first kappa shape index (κ1) is 12.6. The Balaban J connectivity index is 2.21. The van der Waals surface area contributed by atoms with Crippen LogP contribution in [0.1, 0.15) is 16.2 Å². The van der Waals surface area contributed by atoms with Crippen LogP contribution in [0.3, 0.4) is 0 Å². The Morgan fingerprint density at radius 1 is 1.44 bits per heavy atom. The number of carbonyl (C=O) groups excluding carboxylic acids is 1. The van der Waals surface area contributed by atoms with Gasteiger partial charge in [0.05, 0.1) is 5.69 Å². The lowest BCUT2D eigenvalue weighted by Gasteiger charge is -2.07. The fourth-order valence-corrected chi connectivity index (χ4v) is 1.89. The minimum absolute atomic E-state index is 0.208. The quantitative estimate of drug-likeness (QED) is 0.836. The number of aromatic nitrogens is 2. The van der Waals surface area contributed by atoms with Gasteiger partial charge in [0.15, 0.2) is 0 Å². The van der Waals surface area contributed by atoms with Crippen molar-refractivity contribution in [2.75, 3.05) is 11.1 Å². The highest BCUT2D eigenvalue weighted by molar-refractivity contribution is 9.10. The molecule has 3 N–H and O–H groups in total. The monoisotopic (exact) mass is 308 g/mol. The van der Waals surface area contributed by atoms with E-state index in [0.29, 0.717) is 17.1 Å². The number of halogens is 1. The lowest BCUT2D eigenvalue weighted by Crippen LogP contribution is -2.16. The molecule has 1 amide bonds. The van der Waals surface area contributed by atoms with Crippen LogP contribution in [0.15, 0.2) is 28.7 Å². The average Bonchev–Trinajstić information content (AvgIpc) is 2.63. The van der Waals surface area contributed by atoms with Crippen molar-refractivity contribution in [3.05, 3.63) is 40.1 Å². The van der Waals surface area contributed by atoms with Crippen LogP contribution in [0.2, 0.25) is 0 Å². The molecule has 0 aliphatic rings. The van der Waals surface area contributed by atoms with Crippen LogP contribution in [0.25, 0.3) is 0 Å². The molecule has 2 rings (SSSR count). The fraction of sp³-hybridized carbons (Fsp3) is 0.167. The van der Waals surface area contributed by atoms with Crippen molar-refractivity contribution in [3.63, 3.8) is 0 Å². The van der Waals surface area contributed by atoms with Crippen LogP contribution in [0.4, 0.5) is 11.4 Å². The second-order valence-corrected chi connectivity index (χ2v) is 4.84. The highest BCUT2D eigenvalue weighted by Crippen LogP contribution is 2.23. The van der Waals surface area contributed by atoms with E-state index in [0.717, 1.165) is 10.2 Å². The maximum atomic E-state index is 12.0. The topological polar surface area (TPSA) is 72.9 Å². The van der Waals surface area contributed by atoms with Crippen molar-refractivity contribution in [1.82, 2.24) is 9.78 Å². The zero-order chi connectivity index (χ0) is 13.3. The number of hydrogen-bond donors (Lipinski definition) is 2.